The number of amides is 1. The van der Waals surface area contributed by atoms with Crippen molar-refractivity contribution in [1.82, 2.24) is 9.80 Å². The Morgan fingerprint density at radius 1 is 1.20 bits per heavy atom. The van der Waals surface area contributed by atoms with Gasteiger partial charge in [0.05, 0.1) is 12.1 Å². The van der Waals surface area contributed by atoms with Gasteiger partial charge in [-0.15, -0.1) is 0 Å². The normalized spacial score (nSPS) is 26.9. The molecule has 0 radical (unpaired) electrons. The number of hydrogen-bond donors (Lipinski definition) is 0. The van der Waals surface area contributed by atoms with Gasteiger partial charge >= 0.3 is 0 Å². The Labute approximate surface area is 207 Å². The highest BCUT2D eigenvalue weighted by molar-refractivity contribution is 5.69. The third kappa shape index (κ3) is 4.53. The summed E-state index contributed by atoms with van der Waals surface area (Å²) in [7, 11) is 0. The van der Waals surface area contributed by atoms with E-state index in [1.54, 1.807) is 11.0 Å². The van der Waals surface area contributed by atoms with Gasteiger partial charge in [-0.2, -0.15) is 0 Å². The molecule has 6 heteroatoms. The first kappa shape index (κ1) is 24.1. The lowest BCUT2D eigenvalue weighted by Gasteiger charge is -2.56. The van der Waals surface area contributed by atoms with Crippen LogP contribution in [0.3, 0.4) is 0 Å². The van der Waals surface area contributed by atoms with E-state index >= 15 is 4.39 Å². The van der Waals surface area contributed by atoms with Crippen LogP contribution in [0.25, 0.3) is 11.1 Å². The summed E-state index contributed by atoms with van der Waals surface area (Å²) in [5.41, 5.74) is 2.78. The van der Waals surface area contributed by atoms with E-state index < -0.39 is 12.1 Å². The standard InChI is InChI=1S/C29H37FN2O3/c1-18(2)35-22-7-5-6-20(14-22)23-15-21-8-11-29(3,4)27(24(21)16-25(23)30)32(28(33)34)26-17-31-12-9-19(26)10-13-31/h5-7,14-16,18-19,26-27H,8-13,17H2,1-4H3,(H,33,34)/p-1/t26-,27+/m1/s1. The molecular formula is C29H36FN2O3-. The van der Waals surface area contributed by atoms with E-state index in [0.29, 0.717) is 17.2 Å². The van der Waals surface area contributed by atoms with Crippen LogP contribution in [0.4, 0.5) is 9.18 Å². The van der Waals surface area contributed by atoms with Gasteiger partial charge in [0, 0.05) is 18.2 Å². The maximum absolute atomic E-state index is 15.7. The number of benzene rings is 2. The number of ether oxygens (including phenoxy) is 1. The largest absolute Gasteiger partial charge is 0.530 e. The van der Waals surface area contributed by atoms with Crippen molar-refractivity contribution in [3.63, 3.8) is 0 Å². The minimum absolute atomic E-state index is 0.0311. The second kappa shape index (κ2) is 9.12. The SMILES string of the molecule is CC(C)Oc1cccc(-c2cc3c(cc2F)[C@H](N(C(=O)[O-])[C@@H]2CN4CCC2CC4)C(C)(C)CC3)c1. The number of carboxylic acid groups (broad SMARTS) is 1. The molecule has 1 amide bonds. The first-order chi connectivity index (χ1) is 16.6. The van der Waals surface area contributed by atoms with Crippen LogP contribution in [0.1, 0.15) is 64.1 Å². The van der Waals surface area contributed by atoms with Crippen LogP contribution in [0.2, 0.25) is 0 Å². The molecule has 35 heavy (non-hydrogen) atoms. The lowest BCUT2D eigenvalue weighted by Crippen LogP contribution is -2.63. The molecule has 2 aromatic carbocycles. The van der Waals surface area contributed by atoms with Gasteiger partial charge in [-0.25, -0.2) is 4.39 Å². The number of fused-ring (bicyclic) bond motifs is 4. The van der Waals surface area contributed by atoms with E-state index in [0.717, 1.165) is 62.0 Å². The number of carbonyl (C=O) groups is 1. The quantitative estimate of drug-likeness (QED) is 0.603. The molecule has 2 aromatic rings. The fourth-order valence-electron chi connectivity index (χ4n) is 6.56. The lowest BCUT2D eigenvalue weighted by atomic mass is 9.68. The van der Waals surface area contributed by atoms with Gasteiger partial charge in [0.25, 0.3) is 0 Å². The predicted molar refractivity (Wildman–Crippen MR) is 133 cm³/mol. The molecule has 3 aliphatic heterocycles. The average molecular weight is 480 g/mol. The highest BCUT2D eigenvalue weighted by Gasteiger charge is 2.46. The fraction of sp³-hybridized carbons (Fsp3) is 0.552. The zero-order chi connectivity index (χ0) is 24.9. The Kier molecular flexibility index (Phi) is 6.28. The molecule has 4 aliphatic rings. The van der Waals surface area contributed by atoms with Gasteiger partial charge in [-0.05, 0) is 105 Å². The third-order valence-electron chi connectivity index (χ3n) is 8.29. The van der Waals surface area contributed by atoms with Gasteiger partial charge in [-0.1, -0.05) is 26.0 Å². The van der Waals surface area contributed by atoms with E-state index in [1.807, 2.05) is 44.2 Å². The van der Waals surface area contributed by atoms with Gasteiger partial charge < -0.3 is 24.4 Å². The molecule has 188 valence electrons. The molecule has 3 heterocycles. The molecule has 0 N–H and O–H groups in total. The van der Waals surface area contributed by atoms with Crippen LogP contribution in [-0.2, 0) is 6.42 Å². The average Bonchev–Trinajstić information content (AvgIpc) is 2.81. The third-order valence-corrected chi connectivity index (χ3v) is 8.29. The Morgan fingerprint density at radius 2 is 1.94 bits per heavy atom. The van der Waals surface area contributed by atoms with E-state index in [4.69, 9.17) is 4.74 Å². The summed E-state index contributed by atoms with van der Waals surface area (Å²) < 4.78 is 21.5. The van der Waals surface area contributed by atoms with Gasteiger partial charge in [0.1, 0.15) is 17.7 Å². The number of halogens is 1. The number of piperidine rings is 3. The molecular weight excluding hydrogens is 443 g/mol. The van der Waals surface area contributed by atoms with Crippen molar-refractivity contribution < 1.29 is 19.0 Å². The summed E-state index contributed by atoms with van der Waals surface area (Å²) >= 11 is 0. The molecule has 0 spiro atoms. The summed E-state index contributed by atoms with van der Waals surface area (Å²) in [5, 5.41) is 12.7. The minimum Gasteiger partial charge on any atom is -0.530 e. The monoisotopic (exact) mass is 479 g/mol. The number of carbonyl (C=O) groups excluding carboxylic acids is 1. The second-order valence-corrected chi connectivity index (χ2v) is 11.5. The first-order valence-corrected chi connectivity index (χ1v) is 12.9. The Hall–Kier alpha value is -2.60. The molecule has 0 aromatic heterocycles. The number of aryl methyl sites for hydroxylation is 1. The maximum Gasteiger partial charge on any atom is 0.137 e. The predicted octanol–water partition coefficient (Wildman–Crippen LogP) is 5.03. The number of rotatable bonds is 5. The summed E-state index contributed by atoms with van der Waals surface area (Å²) in [5.74, 6) is 0.714. The smallest absolute Gasteiger partial charge is 0.137 e. The molecule has 3 saturated heterocycles. The molecule has 6 rings (SSSR count). The number of hydrogen-bond acceptors (Lipinski definition) is 4. The van der Waals surface area contributed by atoms with Gasteiger partial charge in [0.15, 0.2) is 0 Å². The molecule has 2 atom stereocenters. The molecule has 3 fully saturated rings. The summed E-state index contributed by atoms with van der Waals surface area (Å²) in [4.78, 5) is 16.6. The first-order valence-electron chi connectivity index (χ1n) is 12.9. The van der Waals surface area contributed by atoms with E-state index in [9.17, 15) is 9.90 Å². The zero-order valence-electron chi connectivity index (χ0n) is 21.2. The molecule has 2 bridgehead atoms. The fourth-order valence-corrected chi connectivity index (χ4v) is 6.56. The van der Waals surface area contributed by atoms with E-state index in [2.05, 4.69) is 18.7 Å². The second-order valence-electron chi connectivity index (χ2n) is 11.5. The van der Waals surface area contributed by atoms with Crippen LogP contribution in [0.15, 0.2) is 36.4 Å². The van der Waals surface area contributed by atoms with Crippen LogP contribution in [0, 0.1) is 17.2 Å². The van der Waals surface area contributed by atoms with Crippen LogP contribution >= 0.6 is 0 Å². The minimum atomic E-state index is -1.14. The van der Waals surface area contributed by atoms with Crippen molar-refractivity contribution >= 4 is 6.09 Å². The Bertz CT molecular complexity index is 1110. The molecule has 0 unspecified atom stereocenters. The topological polar surface area (TPSA) is 55.8 Å². The summed E-state index contributed by atoms with van der Waals surface area (Å²) in [6.07, 6.45) is 2.53. The molecule has 0 saturated carbocycles. The zero-order valence-corrected chi connectivity index (χ0v) is 21.2. The van der Waals surface area contributed by atoms with Crippen LogP contribution in [-0.4, -0.2) is 47.7 Å². The Balaban J connectivity index is 1.56. The van der Waals surface area contributed by atoms with Crippen molar-refractivity contribution in [3.8, 4) is 16.9 Å². The van der Waals surface area contributed by atoms with Crippen molar-refractivity contribution in [2.45, 2.75) is 71.6 Å². The van der Waals surface area contributed by atoms with Crippen molar-refractivity contribution in [2.24, 2.45) is 11.3 Å². The molecule has 5 nitrogen and oxygen atoms in total. The number of nitrogens with zero attached hydrogens (tertiary/aromatic N) is 2. The van der Waals surface area contributed by atoms with E-state index in [-0.39, 0.29) is 23.4 Å². The van der Waals surface area contributed by atoms with Crippen LogP contribution < -0.4 is 9.84 Å². The summed E-state index contributed by atoms with van der Waals surface area (Å²) in [6, 6.07) is 10.5. The summed E-state index contributed by atoms with van der Waals surface area (Å²) in [6.45, 7) is 10.9. The van der Waals surface area contributed by atoms with Gasteiger partial charge in [0.2, 0.25) is 0 Å². The van der Waals surface area contributed by atoms with Crippen molar-refractivity contribution in [1.29, 1.82) is 0 Å². The van der Waals surface area contributed by atoms with Crippen molar-refractivity contribution in [3.05, 3.63) is 53.3 Å². The van der Waals surface area contributed by atoms with Crippen LogP contribution in [0.5, 0.6) is 5.75 Å². The Morgan fingerprint density at radius 3 is 2.57 bits per heavy atom. The van der Waals surface area contributed by atoms with Gasteiger partial charge in [-0.3, -0.25) is 0 Å². The maximum atomic E-state index is 15.7. The molecule has 1 aliphatic carbocycles. The highest BCUT2D eigenvalue weighted by atomic mass is 19.1. The lowest BCUT2D eigenvalue weighted by molar-refractivity contribution is -0.277. The highest BCUT2D eigenvalue weighted by Crippen LogP contribution is 2.50. The van der Waals surface area contributed by atoms with E-state index in [1.165, 1.54) is 0 Å². The van der Waals surface area contributed by atoms with Crippen molar-refractivity contribution in [2.75, 3.05) is 19.6 Å².